The zero-order valence-corrected chi connectivity index (χ0v) is 12.6. The normalized spacial score (nSPS) is 13.3. The highest BCUT2D eigenvalue weighted by atomic mass is 19.1. The van der Waals surface area contributed by atoms with Crippen LogP contribution in [0.25, 0.3) is 5.69 Å². The van der Waals surface area contributed by atoms with Gasteiger partial charge in [-0.1, -0.05) is 24.3 Å². The van der Waals surface area contributed by atoms with E-state index in [0.29, 0.717) is 11.4 Å². The number of rotatable bonds is 4. The van der Waals surface area contributed by atoms with Crippen molar-refractivity contribution >= 4 is 11.6 Å². The second-order valence-corrected chi connectivity index (χ2v) is 5.24. The Balaban J connectivity index is 1.85. The fourth-order valence-corrected chi connectivity index (χ4v) is 2.22. The molecule has 0 aliphatic rings. The standard InChI is InChI=1S/C16H13F2N5O/c1-16(18,13-7-2-3-8-14(13)17)15(24)20-11-5-4-6-12(9-11)23-10-19-21-22-23/h2-10H,1H3,(H,20,24). The zero-order chi connectivity index (χ0) is 17.2. The Hall–Kier alpha value is -3.16. The number of nitrogens with one attached hydrogen (secondary N) is 1. The molecule has 6 nitrogen and oxygen atoms in total. The van der Waals surface area contributed by atoms with Gasteiger partial charge in [0.1, 0.15) is 12.1 Å². The van der Waals surface area contributed by atoms with Crippen LogP contribution in [0.1, 0.15) is 12.5 Å². The van der Waals surface area contributed by atoms with Crippen LogP contribution >= 0.6 is 0 Å². The van der Waals surface area contributed by atoms with Crippen molar-refractivity contribution in [2.75, 3.05) is 5.32 Å². The van der Waals surface area contributed by atoms with E-state index in [0.717, 1.165) is 13.0 Å². The first-order valence-corrected chi connectivity index (χ1v) is 7.07. The van der Waals surface area contributed by atoms with Crippen LogP contribution < -0.4 is 5.32 Å². The van der Waals surface area contributed by atoms with Crippen LogP contribution in [-0.2, 0) is 10.5 Å². The first kappa shape index (κ1) is 15.7. The zero-order valence-electron chi connectivity index (χ0n) is 12.6. The van der Waals surface area contributed by atoms with Crippen molar-refractivity contribution in [3.63, 3.8) is 0 Å². The van der Waals surface area contributed by atoms with E-state index in [-0.39, 0.29) is 5.56 Å². The Bertz CT molecular complexity index is 864. The highest BCUT2D eigenvalue weighted by molar-refractivity contribution is 5.97. The summed E-state index contributed by atoms with van der Waals surface area (Å²) in [6.45, 7) is 1.02. The molecule has 0 aliphatic carbocycles. The van der Waals surface area contributed by atoms with Crippen molar-refractivity contribution in [2.24, 2.45) is 0 Å². The lowest BCUT2D eigenvalue weighted by atomic mass is 9.96. The van der Waals surface area contributed by atoms with Gasteiger partial charge in [0.15, 0.2) is 0 Å². The number of nitrogens with zero attached hydrogens (tertiary/aromatic N) is 4. The van der Waals surface area contributed by atoms with Gasteiger partial charge in [0.05, 0.1) is 5.69 Å². The van der Waals surface area contributed by atoms with Gasteiger partial charge >= 0.3 is 0 Å². The van der Waals surface area contributed by atoms with Gasteiger partial charge < -0.3 is 5.32 Å². The quantitative estimate of drug-likeness (QED) is 0.798. The molecule has 8 heteroatoms. The maximum atomic E-state index is 14.8. The van der Waals surface area contributed by atoms with E-state index in [2.05, 4.69) is 20.8 Å². The third-order valence-corrected chi connectivity index (χ3v) is 3.52. The number of alkyl halides is 1. The number of halogens is 2. The molecule has 0 aliphatic heterocycles. The van der Waals surface area contributed by atoms with Crippen molar-refractivity contribution in [1.82, 2.24) is 20.2 Å². The number of carbonyl (C=O) groups is 1. The van der Waals surface area contributed by atoms with Gasteiger partial charge in [-0.05, 0) is 41.6 Å². The summed E-state index contributed by atoms with van der Waals surface area (Å²) in [5, 5.41) is 13.2. The van der Waals surface area contributed by atoms with Crippen LogP contribution in [0.2, 0.25) is 0 Å². The fourth-order valence-electron chi connectivity index (χ4n) is 2.22. The Morgan fingerprint density at radius 3 is 2.71 bits per heavy atom. The molecular weight excluding hydrogens is 316 g/mol. The van der Waals surface area contributed by atoms with E-state index in [1.807, 2.05) is 0 Å². The molecule has 1 heterocycles. The SMILES string of the molecule is CC(F)(C(=O)Nc1cccc(-n2cnnn2)c1)c1ccccc1F. The second kappa shape index (κ2) is 6.15. The van der Waals surface area contributed by atoms with Crippen molar-refractivity contribution in [3.05, 3.63) is 66.2 Å². The van der Waals surface area contributed by atoms with Gasteiger partial charge in [0.2, 0.25) is 5.67 Å². The molecule has 1 unspecified atom stereocenters. The minimum atomic E-state index is -2.52. The molecule has 0 bridgehead atoms. The van der Waals surface area contributed by atoms with Crippen molar-refractivity contribution < 1.29 is 13.6 Å². The van der Waals surface area contributed by atoms with Gasteiger partial charge in [-0.2, -0.15) is 0 Å². The van der Waals surface area contributed by atoms with E-state index in [1.165, 1.54) is 29.2 Å². The van der Waals surface area contributed by atoms with Crippen LogP contribution in [0.4, 0.5) is 14.5 Å². The predicted molar refractivity (Wildman–Crippen MR) is 82.6 cm³/mol. The molecule has 0 saturated heterocycles. The molecule has 0 fully saturated rings. The van der Waals surface area contributed by atoms with Crippen LogP contribution in [-0.4, -0.2) is 26.1 Å². The number of tetrazole rings is 1. The molecular formula is C16H13F2N5O. The molecule has 24 heavy (non-hydrogen) atoms. The molecule has 1 amide bonds. The lowest BCUT2D eigenvalue weighted by Crippen LogP contribution is -2.34. The van der Waals surface area contributed by atoms with E-state index in [1.54, 1.807) is 24.3 Å². The number of aromatic nitrogens is 4. The summed E-state index contributed by atoms with van der Waals surface area (Å²) in [7, 11) is 0. The van der Waals surface area contributed by atoms with E-state index in [9.17, 15) is 13.6 Å². The minimum absolute atomic E-state index is 0.320. The minimum Gasteiger partial charge on any atom is -0.323 e. The summed E-state index contributed by atoms with van der Waals surface area (Å²) in [6.07, 6.45) is 1.39. The Morgan fingerprint density at radius 1 is 1.21 bits per heavy atom. The molecule has 122 valence electrons. The highest BCUT2D eigenvalue weighted by Crippen LogP contribution is 2.29. The molecule has 3 aromatic rings. The number of hydrogen-bond acceptors (Lipinski definition) is 4. The third-order valence-electron chi connectivity index (χ3n) is 3.52. The molecule has 3 rings (SSSR count). The van der Waals surface area contributed by atoms with Crippen LogP contribution in [0, 0.1) is 5.82 Å². The Kier molecular flexibility index (Phi) is 4.03. The molecule has 1 aromatic heterocycles. The topological polar surface area (TPSA) is 72.7 Å². The first-order valence-electron chi connectivity index (χ1n) is 7.07. The lowest BCUT2D eigenvalue weighted by molar-refractivity contribution is -0.127. The maximum Gasteiger partial charge on any atom is 0.266 e. The van der Waals surface area contributed by atoms with Crippen LogP contribution in [0.15, 0.2) is 54.9 Å². The smallest absolute Gasteiger partial charge is 0.266 e. The van der Waals surface area contributed by atoms with Gasteiger partial charge in [0.25, 0.3) is 5.91 Å². The second-order valence-electron chi connectivity index (χ2n) is 5.24. The monoisotopic (exact) mass is 329 g/mol. The summed E-state index contributed by atoms with van der Waals surface area (Å²) in [4.78, 5) is 12.3. The molecule has 0 spiro atoms. The van der Waals surface area contributed by atoms with Crippen molar-refractivity contribution in [1.29, 1.82) is 0 Å². The number of hydrogen-bond donors (Lipinski definition) is 1. The van der Waals surface area contributed by atoms with Crippen LogP contribution in [0.5, 0.6) is 0 Å². The number of anilines is 1. The summed E-state index contributed by atoms with van der Waals surface area (Å²) >= 11 is 0. The van der Waals surface area contributed by atoms with Gasteiger partial charge in [-0.3, -0.25) is 4.79 Å². The van der Waals surface area contributed by atoms with E-state index in [4.69, 9.17) is 0 Å². The largest absolute Gasteiger partial charge is 0.323 e. The van der Waals surface area contributed by atoms with Crippen molar-refractivity contribution in [3.8, 4) is 5.69 Å². The molecule has 1 atom stereocenters. The third kappa shape index (κ3) is 2.98. The highest BCUT2D eigenvalue weighted by Gasteiger charge is 2.37. The molecule has 1 N–H and O–H groups in total. The van der Waals surface area contributed by atoms with Crippen molar-refractivity contribution in [2.45, 2.75) is 12.6 Å². The Labute approximate surface area is 136 Å². The Morgan fingerprint density at radius 2 is 2.00 bits per heavy atom. The summed E-state index contributed by atoms with van der Waals surface area (Å²) in [6, 6.07) is 11.8. The first-order chi connectivity index (χ1) is 11.5. The summed E-state index contributed by atoms with van der Waals surface area (Å²) in [5.74, 6) is -1.75. The molecule has 0 saturated carbocycles. The average Bonchev–Trinajstić information content (AvgIpc) is 3.10. The lowest BCUT2D eigenvalue weighted by Gasteiger charge is -2.20. The number of carbonyl (C=O) groups excluding carboxylic acids is 1. The maximum absolute atomic E-state index is 14.8. The van der Waals surface area contributed by atoms with E-state index >= 15 is 0 Å². The van der Waals surface area contributed by atoms with Gasteiger partial charge in [-0.25, -0.2) is 13.5 Å². The summed E-state index contributed by atoms with van der Waals surface area (Å²) < 4.78 is 30.0. The summed E-state index contributed by atoms with van der Waals surface area (Å²) in [5.41, 5.74) is -1.91. The number of benzene rings is 2. The van der Waals surface area contributed by atoms with Gasteiger partial charge in [0, 0.05) is 11.3 Å². The molecule has 2 aromatic carbocycles. The predicted octanol–water partition coefficient (Wildman–Crippen LogP) is 2.62. The van der Waals surface area contributed by atoms with Gasteiger partial charge in [-0.15, -0.1) is 5.10 Å². The fraction of sp³-hybridized carbons (Fsp3) is 0.125. The average molecular weight is 329 g/mol. The van der Waals surface area contributed by atoms with Crippen LogP contribution in [0.3, 0.4) is 0 Å². The molecule has 0 radical (unpaired) electrons. The number of amides is 1. The van der Waals surface area contributed by atoms with E-state index < -0.39 is 17.4 Å².